The number of primary amides is 1. The van der Waals surface area contributed by atoms with Crippen molar-refractivity contribution in [3.8, 4) is 5.75 Å². The normalized spacial score (nSPS) is 12.3. The first-order valence-electron chi connectivity index (χ1n) is 7.11. The summed E-state index contributed by atoms with van der Waals surface area (Å²) in [6.45, 7) is 3.71. The highest BCUT2D eigenvalue weighted by Gasteiger charge is 2.17. The van der Waals surface area contributed by atoms with Crippen LogP contribution in [0.5, 0.6) is 5.75 Å². The fraction of sp³-hybridized carbons (Fsp3) is 0.167. The number of nitrogens with two attached hydrogens (primary N) is 1. The van der Waals surface area contributed by atoms with Gasteiger partial charge in [0, 0.05) is 5.39 Å². The second-order valence-corrected chi connectivity index (χ2v) is 5.23. The first-order chi connectivity index (χ1) is 10.6. The van der Waals surface area contributed by atoms with E-state index in [-0.39, 0.29) is 6.10 Å². The van der Waals surface area contributed by atoms with Crippen molar-refractivity contribution in [1.82, 2.24) is 0 Å². The van der Waals surface area contributed by atoms with Gasteiger partial charge in [-0.3, -0.25) is 4.79 Å². The maximum Gasteiger partial charge on any atom is 0.252 e. The monoisotopic (exact) mass is 295 g/mol. The largest absolute Gasteiger partial charge is 0.486 e. The van der Waals surface area contributed by atoms with E-state index in [4.69, 9.17) is 14.9 Å². The maximum absolute atomic E-state index is 11.6. The Hall–Kier alpha value is -2.75. The van der Waals surface area contributed by atoms with Crippen LogP contribution in [0.1, 0.15) is 34.7 Å². The van der Waals surface area contributed by atoms with Gasteiger partial charge in [0.1, 0.15) is 23.2 Å². The summed E-state index contributed by atoms with van der Waals surface area (Å²) in [5.41, 5.74) is 7.55. The number of aryl methyl sites for hydroxylation is 1. The first-order valence-corrected chi connectivity index (χ1v) is 7.11. The molecule has 1 aromatic heterocycles. The van der Waals surface area contributed by atoms with E-state index in [0.29, 0.717) is 28.0 Å². The zero-order chi connectivity index (χ0) is 15.7. The second-order valence-electron chi connectivity index (χ2n) is 5.23. The summed E-state index contributed by atoms with van der Waals surface area (Å²) >= 11 is 0. The zero-order valence-electron chi connectivity index (χ0n) is 12.5. The number of benzene rings is 2. The summed E-state index contributed by atoms with van der Waals surface area (Å²) < 4.78 is 11.5. The standard InChI is InChI=1S/C18H17NO3/c1-11(13-6-4-3-5-7-13)21-14-8-9-16-15(10-14)17(18(19)20)12(2)22-16/h3-11H,1-2H3,(H2,19,20). The van der Waals surface area contributed by atoms with Crippen molar-refractivity contribution < 1.29 is 13.9 Å². The molecule has 1 amide bonds. The molecule has 0 radical (unpaired) electrons. The van der Waals surface area contributed by atoms with E-state index in [1.165, 1.54) is 0 Å². The van der Waals surface area contributed by atoms with Crippen LogP contribution in [-0.4, -0.2) is 5.91 Å². The van der Waals surface area contributed by atoms with Crippen LogP contribution in [0.2, 0.25) is 0 Å². The van der Waals surface area contributed by atoms with Gasteiger partial charge in [0.05, 0.1) is 5.56 Å². The Balaban J connectivity index is 1.95. The molecular formula is C18H17NO3. The number of carbonyl (C=O) groups is 1. The lowest BCUT2D eigenvalue weighted by molar-refractivity contribution is 0.1000. The third-order valence-corrected chi connectivity index (χ3v) is 3.66. The number of furan rings is 1. The van der Waals surface area contributed by atoms with E-state index in [1.54, 1.807) is 19.1 Å². The summed E-state index contributed by atoms with van der Waals surface area (Å²) in [5, 5.41) is 0.683. The average molecular weight is 295 g/mol. The van der Waals surface area contributed by atoms with Gasteiger partial charge < -0.3 is 14.9 Å². The van der Waals surface area contributed by atoms with Gasteiger partial charge in [-0.25, -0.2) is 0 Å². The van der Waals surface area contributed by atoms with Crippen molar-refractivity contribution in [2.45, 2.75) is 20.0 Å². The third kappa shape index (κ3) is 2.55. The Labute approximate surface area is 128 Å². The van der Waals surface area contributed by atoms with Crippen LogP contribution in [-0.2, 0) is 0 Å². The minimum absolute atomic E-state index is 0.0938. The first kappa shape index (κ1) is 14.2. The average Bonchev–Trinajstić information content (AvgIpc) is 2.83. The molecule has 0 aliphatic rings. The Bertz CT molecular complexity index is 821. The van der Waals surface area contributed by atoms with Crippen molar-refractivity contribution in [3.05, 3.63) is 65.4 Å². The Morgan fingerprint density at radius 2 is 1.91 bits per heavy atom. The number of carbonyl (C=O) groups excluding carboxylic acids is 1. The van der Waals surface area contributed by atoms with Crippen LogP contribution >= 0.6 is 0 Å². The highest BCUT2D eigenvalue weighted by Crippen LogP contribution is 2.30. The molecule has 0 saturated heterocycles. The molecule has 1 atom stereocenters. The SMILES string of the molecule is Cc1oc2ccc(OC(C)c3ccccc3)cc2c1C(N)=O. The van der Waals surface area contributed by atoms with Crippen molar-refractivity contribution in [1.29, 1.82) is 0 Å². The van der Waals surface area contributed by atoms with Gasteiger partial charge >= 0.3 is 0 Å². The van der Waals surface area contributed by atoms with Gasteiger partial charge in [0.2, 0.25) is 0 Å². The number of ether oxygens (including phenoxy) is 1. The molecular weight excluding hydrogens is 278 g/mol. The molecule has 0 aliphatic carbocycles. The van der Waals surface area contributed by atoms with Crippen molar-refractivity contribution in [2.24, 2.45) is 5.73 Å². The molecule has 0 aliphatic heterocycles. The Morgan fingerprint density at radius 1 is 1.18 bits per heavy atom. The smallest absolute Gasteiger partial charge is 0.252 e. The molecule has 3 rings (SSSR count). The predicted molar refractivity (Wildman–Crippen MR) is 85.0 cm³/mol. The molecule has 1 heterocycles. The minimum Gasteiger partial charge on any atom is -0.486 e. The lowest BCUT2D eigenvalue weighted by Gasteiger charge is -2.15. The van der Waals surface area contributed by atoms with E-state index in [9.17, 15) is 4.79 Å². The van der Waals surface area contributed by atoms with Crippen molar-refractivity contribution in [2.75, 3.05) is 0 Å². The maximum atomic E-state index is 11.6. The predicted octanol–water partition coefficient (Wildman–Crippen LogP) is 3.98. The van der Waals surface area contributed by atoms with Crippen LogP contribution in [0.4, 0.5) is 0 Å². The zero-order valence-corrected chi connectivity index (χ0v) is 12.5. The molecule has 1 unspecified atom stereocenters. The summed E-state index contributed by atoms with van der Waals surface area (Å²) in [7, 11) is 0. The number of rotatable bonds is 4. The highest BCUT2D eigenvalue weighted by molar-refractivity contribution is 6.06. The van der Waals surface area contributed by atoms with E-state index in [1.807, 2.05) is 43.3 Å². The molecule has 4 heteroatoms. The molecule has 2 N–H and O–H groups in total. The number of fused-ring (bicyclic) bond motifs is 1. The lowest BCUT2D eigenvalue weighted by Crippen LogP contribution is -2.11. The number of amides is 1. The molecule has 0 spiro atoms. The molecule has 22 heavy (non-hydrogen) atoms. The summed E-state index contributed by atoms with van der Waals surface area (Å²) in [4.78, 5) is 11.6. The molecule has 0 fully saturated rings. The summed E-state index contributed by atoms with van der Waals surface area (Å²) in [6, 6.07) is 15.4. The quantitative estimate of drug-likeness (QED) is 0.791. The number of hydrogen-bond donors (Lipinski definition) is 1. The van der Waals surface area contributed by atoms with Crippen LogP contribution in [0.15, 0.2) is 52.9 Å². The van der Waals surface area contributed by atoms with Gasteiger partial charge in [-0.1, -0.05) is 30.3 Å². The van der Waals surface area contributed by atoms with Crippen LogP contribution in [0.25, 0.3) is 11.0 Å². The topological polar surface area (TPSA) is 65.5 Å². The van der Waals surface area contributed by atoms with Crippen LogP contribution in [0.3, 0.4) is 0 Å². The highest BCUT2D eigenvalue weighted by atomic mass is 16.5. The van der Waals surface area contributed by atoms with E-state index >= 15 is 0 Å². The van der Waals surface area contributed by atoms with Crippen molar-refractivity contribution in [3.63, 3.8) is 0 Å². The molecule has 2 aromatic carbocycles. The molecule has 4 nitrogen and oxygen atoms in total. The fourth-order valence-corrected chi connectivity index (χ4v) is 2.57. The molecule has 3 aromatic rings. The van der Waals surface area contributed by atoms with Gasteiger partial charge in [-0.05, 0) is 37.6 Å². The Kier molecular flexibility index (Phi) is 3.59. The van der Waals surface area contributed by atoms with E-state index < -0.39 is 5.91 Å². The fourth-order valence-electron chi connectivity index (χ4n) is 2.57. The summed E-state index contributed by atoms with van der Waals surface area (Å²) in [6.07, 6.45) is -0.0938. The van der Waals surface area contributed by atoms with Gasteiger partial charge in [0.25, 0.3) is 5.91 Å². The van der Waals surface area contributed by atoms with Gasteiger partial charge in [-0.15, -0.1) is 0 Å². The van der Waals surface area contributed by atoms with Crippen LogP contribution in [0, 0.1) is 6.92 Å². The van der Waals surface area contributed by atoms with Crippen molar-refractivity contribution >= 4 is 16.9 Å². The van der Waals surface area contributed by atoms with Gasteiger partial charge in [0.15, 0.2) is 0 Å². The Morgan fingerprint density at radius 3 is 2.59 bits per heavy atom. The third-order valence-electron chi connectivity index (χ3n) is 3.66. The molecule has 0 bridgehead atoms. The van der Waals surface area contributed by atoms with Gasteiger partial charge in [-0.2, -0.15) is 0 Å². The molecule has 112 valence electrons. The van der Waals surface area contributed by atoms with Crippen LogP contribution < -0.4 is 10.5 Å². The van der Waals surface area contributed by atoms with E-state index in [0.717, 1.165) is 5.56 Å². The summed E-state index contributed by atoms with van der Waals surface area (Å²) in [5.74, 6) is 0.701. The minimum atomic E-state index is -0.496. The molecule has 0 saturated carbocycles. The van der Waals surface area contributed by atoms with E-state index in [2.05, 4.69) is 0 Å². The number of hydrogen-bond acceptors (Lipinski definition) is 3. The lowest BCUT2D eigenvalue weighted by atomic mass is 10.1. The second kappa shape index (κ2) is 5.56.